The van der Waals surface area contributed by atoms with Gasteiger partial charge in [-0.2, -0.15) is 0 Å². The van der Waals surface area contributed by atoms with Crippen LogP contribution in [0.4, 0.5) is 10.5 Å². The number of rotatable bonds is 4. The quantitative estimate of drug-likeness (QED) is 0.853. The predicted molar refractivity (Wildman–Crippen MR) is 98.5 cm³/mol. The summed E-state index contributed by atoms with van der Waals surface area (Å²) in [6.45, 7) is 1.20. The Labute approximate surface area is 152 Å². The normalized spacial score (nSPS) is 14.6. The van der Waals surface area contributed by atoms with Crippen LogP contribution in [0.1, 0.15) is 23.2 Å². The van der Waals surface area contributed by atoms with E-state index in [4.69, 9.17) is 9.47 Å². The molecule has 0 saturated carbocycles. The Bertz CT molecular complexity index is 755. The molecule has 1 heterocycles. The summed E-state index contributed by atoms with van der Waals surface area (Å²) in [6, 6.07) is 16.3. The maximum Gasteiger partial charge on any atom is 0.339 e. The molecule has 3 rings (SSSR count). The highest BCUT2D eigenvalue weighted by Crippen LogP contribution is 2.21. The molecule has 0 unspecified atom stereocenters. The van der Waals surface area contributed by atoms with Gasteiger partial charge in [-0.15, -0.1) is 0 Å². The molecule has 1 N–H and O–H groups in total. The number of carbonyl (C=O) groups is 2. The predicted octanol–water partition coefficient (Wildman–Crippen LogP) is 3.55. The fourth-order valence-corrected chi connectivity index (χ4v) is 2.94. The number of carbonyl (C=O) groups excluding carboxylic acids is 2. The van der Waals surface area contributed by atoms with Gasteiger partial charge in [-0.3, -0.25) is 0 Å². The summed E-state index contributed by atoms with van der Waals surface area (Å²) in [5, 5.41) is 2.81. The van der Waals surface area contributed by atoms with E-state index >= 15 is 0 Å². The van der Waals surface area contributed by atoms with Crippen LogP contribution in [0.5, 0.6) is 5.75 Å². The van der Waals surface area contributed by atoms with Gasteiger partial charge in [0.05, 0.1) is 18.4 Å². The van der Waals surface area contributed by atoms with Gasteiger partial charge in [-0.05, 0) is 24.3 Å². The van der Waals surface area contributed by atoms with Gasteiger partial charge in [0.2, 0.25) is 0 Å². The van der Waals surface area contributed by atoms with Gasteiger partial charge in [0.15, 0.2) is 0 Å². The molecule has 0 radical (unpaired) electrons. The number of nitrogens with one attached hydrogen (secondary N) is 1. The molecule has 0 aliphatic carbocycles. The number of piperidine rings is 1. The zero-order valence-corrected chi connectivity index (χ0v) is 14.7. The summed E-state index contributed by atoms with van der Waals surface area (Å²) in [6.07, 6.45) is 1.63. The van der Waals surface area contributed by atoms with Gasteiger partial charge in [0, 0.05) is 25.9 Å². The van der Waals surface area contributed by atoms with Crippen molar-refractivity contribution in [2.45, 2.75) is 18.9 Å². The van der Waals surface area contributed by atoms with Crippen molar-refractivity contribution in [2.24, 2.45) is 0 Å². The first-order valence-electron chi connectivity index (χ1n) is 8.62. The zero-order valence-electron chi connectivity index (χ0n) is 14.7. The average Bonchev–Trinajstić information content (AvgIpc) is 2.69. The molecule has 1 fully saturated rings. The Morgan fingerprint density at radius 2 is 1.65 bits per heavy atom. The van der Waals surface area contributed by atoms with E-state index in [-0.39, 0.29) is 12.1 Å². The zero-order chi connectivity index (χ0) is 18.4. The van der Waals surface area contributed by atoms with Crippen molar-refractivity contribution in [3.05, 3.63) is 60.2 Å². The second kappa shape index (κ2) is 8.38. The van der Waals surface area contributed by atoms with Gasteiger partial charge in [0.1, 0.15) is 11.9 Å². The lowest BCUT2D eigenvalue weighted by Crippen LogP contribution is -2.43. The number of amides is 2. The minimum Gasteiger partial charge on any atom is -0.490 e. The van der Waals surface area contributed by atoms with Crippen molar-refractivity contribution in [1.82, 2.24) is 4.90 Å². The van der Waals surface area contributed by atoms with Crippen LogP contribution >= 0.6 is 0 Å². The second-order valence-corrected chi connectivity index (χ2v) is 6.08. The smallest absolute Gasteiger partial charge is 0.339 e. The van der Waals surface area contributed by atoms with Crippen LogP contribution in [0.3, 0.4) is 0 Å². The van der Waals surface area contributed by atoms with Gasteiger partial charge in [-0.25, -0.2) is 9.59 Å². The highest BCUT2D eigenvalue weighted by molar-refractivity contribution is 6.00. The number of esters is 1. The standard InChI is InChI=1S/C20H22N2O4/c1-25-19(23)17-9-5-6-10-18(17)21-20(24)22-13-11-16(12-14-22)26-15-7-3-2-4-8-15/h2-10,16H,11-14H2,1H3,(H,21,24). The van der Waals surface area contributed by atoms with Crippen molar-refractivity contribution in [3.63, 3.8) is 0 Å². The lowest BCUT2D eigenvalue weighted by atomic mass is 10.1. The number of anilines is 1. The summed E-state index contributed by atoms with van der Waals surface area (Å²) in [7, 11) is 1.32. The third-order valence-electron chi connectivity index (χ3n) is 4.35. The molecule has 26 heavy (non-hydrogen) atoms. The topological polar surface area (TPSA) is 67.9 Å². The molecule has 0 atom stereocenters. The first kappa shape index (κ1) is 17.8. The van der Waals surface area contributed by atoms with Crippen LogP contribution in [-0.4, -0.2) is 43.2 Å². The number of likely N-dealkylation sites (tertiary alicyclic amines) is 1. The molecule has 2 aromatic rings. The Morgan fingerprint density at radius 3 is 2.35 bits per heavy atom. The molecule has 0 aromatic heterocycles. The first-order chi connectivity index (χ1) is 12.7. The van der Waals surface area contributed by atoms with E-state index < -0.39 is 5.97 Å². The summed E-state index contributed by atoms with van der Waals surface area (Å²) in [5.41, 5.74) is 0.789. The minimum absolute atomic E-state index is 0.101. The maximum absolute atomic E-state index is 12.5. The highest BCUT2D eigenvalue weighted by Gasteiger charge is 2.25. The Kier molecular flexibility index (Phi) is 5.73. The summed E-state index contributed by atoms with van der Waals surface area (Å²) in [5.74, 6) is 0.373. The fourth-order valence-electron chi connectivity index (χ4n) is 2.94. The number of urea groups is 1. The fraction of sp³-hybridized carbons (Fsp3) is 0.300. The Hall–Kier alpha value is -3.02. The van der Waals surface area contributed by atoms with Crippen LogP contribution in [0.2, 0.25) is 0 Å². The van der Waals surface area contributed by atoms with E-state index in [0.29, 0.717) is 24.3 Å². The van der Waals surface area contributed by atoms with Crippen LogP contribution in [0.25, 0.3) is 0 Å². The van der Waals surface area contributed by atoms with Gasteiger partial charge >= 0.3 is 12.0 Å². The van der Waals surface area contributed by atoms with Crippen LogP contribution < -0.4 is 10.1 Å². The number of ether oxygens (including phenoxy) is 2. The monoisotopic (exact) mass is 354 g/mol. The maximum atomic E-state index is 12.5. The summed E-state index contributed by atoms with van der Waals surface area (Å²) >= 11 is 0. The van der Waals surface area contributed by atoms with Crippen LogP contribution in [0, 0.1) is 0 Å². The minimum atomic E-state index is -0.476. The van der Waals surface area contributed by atoms with E-state index in [0.717, 1.165) is 18.6 Å². The average molecular weight is 354 g/mol. The lowest BCUT2D eigenvalue weighted by molar-refractivity contribution is 0.0602. The third kappa shape index (κ3) is 4.33. The number of hydrogen-bond acceptors (Lipinski definition) is 4. The number of para-hydroxylation sites is 2. The lowest BCUT2D eigenvalue weighted by Gasteiger charge is -2.32. The van der Waals surface area contributed by atoms with Gasteiger partial charge < -0.3 is 19.7 Å². The SMILES string of the molecule is COC(=O)c1ccccc1NC(=O)N1CCC(Oc2ccccc2)CC1. The number of nitrogens with zero attached hydrogens (tertiary/aromatic N) is 1. The molecule has 2 amide bonds. The van der Waals surface area contributed by atoms with E-state index in [9.17, 15) is 9.59 Å². The molecule has 0 spiro atoms. The summed E-state index contributed by atoms with van der Waals surface area (Å²) < 4.78 is 10.7. The second-order valence-electron chi connectivity index (χ2n) is 6.08. The van der Waals surface area contributed by atoms with Gasteiger partial charge in [0.25, 0.3) is 0 Å². The van der Waals surface area contributed by atoms with E-state index in [1.54, 1.807) is 29.2 Å². The number of hydrogen-bond donors (Lipinski definition) is 1. The molecular weight excluding hydrogens is 332 g/mol. The Morgan fingerprint density at radius 1 is 1.00 bits per heavy atom. The van der Waals surface area contributed by atoms with Crippen LogP contribution in [-0.2, 0) is 4.74 Å². The molecule has 136 valence electrons. The van der Waals surface area contributed by atoms with Crippen LogP contribution in [0.15, 0.2) is 54.6 Å². The molecule has 6 nitrogen and oxygen atoms in total. The Balaban J connectivity index is 1.55. The van der Waals surface area contributed by atoms with Gasteiger partial charge in [-0.1, -0.05) is 30.3 Å². The van der Waals surface area contributed by atoms with E-state index in [1.165, 1.54) is 7.11 Å². The first-order valence-corrected chi connectivity index (χ1v) is 8.62. The van der Waals surface area contributed by atoms with E-state index in [1.807, 2.05) is 30.3 Å². The van der Waals surface area contributed by atoms with Crippen molar-refractivity contribution >= 4 is 17.7 Å². The molecule has 0 bridgehead atoms. The molecule has 2 aromatic carbocycles. The highest BCUT2D eigenvalue weighted by atomic mass is 16.5. The largest absolute Gasteiger partial charge is 0.490 e. The van der Waals surface area contributed by atoms with Crippen molar-refractivity contribution < 1.29 is 19.1 Å². The molecule has 1 aliphatic heterocycles. The number of methoxy groups -OCH3 is 1. The van der Waals surface area contributed by atoms with Crippen molar-refractivity contribution in [3.8, 4) is 5.75 Å². The van der Waals surface area contributed by atoms with E-state index in [2.05, 4.69) is 5.32 Å². The number of benzene rings is 2. The molecule has 1 aliphatic rings. The van der Waals surface area contributed by atoms with Crippen molar-refractivity contribution in [2.75, 3.05) is 25.5 Å². The molecular formula is C20H22N2O4. The molecule has 1 saturated heterocycles. The molecule has 6 heteroatoms. The van der Waals surface area contributed by atoms with Crippen molar-refractivity contribution in [1.29, 1.82) is 0 Å². The third-order valence-corrected chi connectivity index (χ3v) is 4.35. The summed E-state index contributed by atoms with van der Waals surface area (Å²) in [4.78, 5) is 26.1.